The summed E-state index contributed by atoms with van der Waals surface area (Å²) in [5, 5.41) is 10.1. The first-order valence-electron chi connectivity index (χ1n) is 11.0. The third-order valence-electron chi connectivity index (χ3n) is 5.74. The summed E-state index contributed by atoms with van der Waals surface area (Å²) in [5.74, 6) is -0.490. The number of piperazine rings is 1. The SMILES string of the molecule is N#Cc1ccc(Sc2cc(Cl)cc(Cl)c2)c(S(=O)(=O)N2CCN(C(=O)c3ccc(C(F)(F)F)cc3)CC2)c1. The first kappa shape index (κ1) is 28.3. The maximum Gasteiger partial charge on any atom is 0.416 e. The molecule has 0 spiro atoms. The van der Waals surface area contributed by atoms with Crippen LogP contribution in [0.25, 0.3) is 0 Å². The van der Waals surface area contributed by atoms with Crippen LogP contribution in [-0.4, -0.2) is 49.7 Å². The van der Waals surface area contributed by atoms with Gasteiger partial charge in [-0.25, -0.2) is 8.42 Å². The molecule has 3 aromatic carbocycles. The number of benzene rings is 3. The molecular formula is C25H18Cl2F3N3O3S2. The minimum atomic E-state index is -4.51. The third kappa shape index (κ3) is 6.27. The summed E-state index contributed by atoms with van der Waals surface area (Å²) in [6.45, 7) is 0.0317. The number of carbonyl (C=O) groups excluding carboxylic acids is 1. The van der Waals surface area contributed by atoms with Crippen molar-refractivity contribution in [2.45, 2.75) is 20.9 Å². The van der Waals surface area contributed by atoms with E-state index in [1.165, 1.54) is 27.4 Å². The Morgan fingerprint density at radius 1 is 0.921 bits per heavy atom. The van der Waals surface area contributed by atoms with E-state index in [4.69, 9.17) is 23.2 Å². The molecule has 1 heterocycles. The summed E-state index contributed by atoms with van der Waals surface area (Å²) in [5.41, 5.74) is -0.624. The van der Waals surface area contributed by atoms with Crippen molar-refractivity contribution >= 4 is 50.9 Å². The second-order valence-electron chi connectivity index (χ2n) is 8.25. The molecule has 0 aromatic heterocycles. The molecule has 1 fully saturated rings. The van der Waals surface area contributed by atoms with Gasteiger partial charge in [0.05, 0.1) is 22.1 Å². The van der Waals surface area contributed by atoms with Gasteiger partial charge in [0.1, 0.15) is 0 Å². The fourth-order valence-corrected chi connectivity index (χ4v) is 7.37. The van der Waals surface area contributed by atoms with Gasteiger partial charge < -0.3 is 4.90 Å². The number of rotatable bonds is 5. The first-order chi connectivity index (χ1) is 17.9. The van der Waals surface area contributed by atoms with Gasteiger partial charge in [0, 0.05) is 51.6 Å². The molecule has 0 atom stereocenters. The van der Waals surface area contributed by atoms with Crippen molar-refractivity contribution in [3.8, 4) is 6.07 Å². The summed E-state index contributed by atoms with van der Waals surface area (Å²) in [4.78, 5) is 15.1. The van der Waals surface area contributed by atoms with Crippen LogP contribution < -0.4 is 0 Å². The predicted octanol–water partition coefficient (Wildman–Crippen LogP) is 6.18. The van der Waals surface area contributed by atoms with E-state index in [1.54, 1.807) is 18.2 Å². The number of nitrogens with zero attached hydrogens (tertiary/aromatic N) is 3. The largest absolute Gasteiger partial charge is 0.416 e. The Kier molecular flexibility index (Phi) is 8.30. The molecule has 6 nitrogen and oxygen atoms in total. The van der Waals surface area contributed by atoms with Crippen molar-refractivity contribution in [1.29, 1.82) is 5.26 Å². The zero-order valence-corrected chi connectivity index (χ0v) is 22.5. The van der Waals surface area contributed by atoms with Crippen molar-refractivity contribution in [2.24, 2.45) is 0 Å². The molecule has 0 unspecified atom stereocenters. The summed E-state index contributed by atoms with van der Waals surface area (Å²) >= 11 is 13.3. The molecule has 3 aromatic rings. The highest BCUT2D eigenvalue weighted by molar-refractivity contribution is 8.00. The van der Waals surface area contributed by atoms with Crippen LogP contribution in [0.2, 0.25) is 10.0 Å². The van der Waals surface area contributed by atoms with Gasteiger partial charge in [-0.3, -0.25) is 4.79 Å². The Morgan fingerprint density at radius 2 is 1.53 bits per heavy atom. The quantitative estimate of drug-likeness (QED) is 0.350. The van der Waals surface area contributed by atoms with Crippen molar-refractivity contribution in [2.75, 3.05) is 26.2 Å². The van der Waals surface area contributed by atoms with Crippen molar-refractivity contribution in [3.63, 3.8) is 0 Å². The Balaban J connectivity index is 1.53. The summed E-state index contributed by atoms with van der Waals surface area (Å²) in [6, 6.07) is 15.0. The van der Waals surface area contributed by atoms with E-state index in [0.717, 1.165) is 36.0 Å². The van der Waals surface area contributed by atoms with Crippen LogP contribution in [0.3, 0.4) is 0 Å². The lowest BCUT2D eigenvalue weighted by molar-refractivity contribution is -0.137. The highest BCUT2D eigenvalue weighted by Gasteiger charge is 2.33. The Morgan fingerprint density at radius 3 is 2.08 bits per heavy atom. The van der Waals surface area contributed by atoms with Crippen LogP contribution in [-0.2, 0) is 16.2 Å². The average Bonchev–Trinajstić information content (AvgIpc) is 2.87. The van der Waals surface area contributed by atoms with Crippen LogP contribution in [0.5, 0.6) is 0 Å². The number of amides is 1. The van der Waals surface area contributed by atoms with Gasteiger partial charge >= 0.3 is 6.18 Å². The minimum Gasteiger partial charge on any atom is -0.336 e. The zero-order chi connectivity index (χ0) is 27.7. The molecule has 13 heteroatoms. The standard InChI is InChI=1S/C25H18Cl2F3N3O3S2/c26-19-12-20(27)14-21(13-19)37-22-6-1-16(15-31)11-23(22)38(35,36)33-9-7-32(8-10-33)24(34)17-2-4-18(5-3-17)25(28,29)30/h1-6,11-14H,7-10H2. The number of nitriles is 1. The van der Waals surface area contributed by atoms with Gasteiger partial charge in [0.15, 0.2) is 0 Å². The number of carbonyl (C=O) groups is 1. The van der Waals surface area contributed by atoms with Crippen LogP contribution in [0, 0.1) is 11.3 Å². The molecule has 4 rings (SSSR count). The zero-order valence-electron chi connectivity index (χ0n) is 19.4. The number of halogens is 5. The molecule has 0 N–H and O–H groups in total. The molecule has 198 valence electrons. The van der Waals surface area contributed by atoms with Gasteiger partial charge in [-0.05, 0) is 60.7 Å². The molecule has 1 aliphatic heterocycles. The van der Waals surface area contributed by atoms with Crippen LogP contribution >= 0.6 is 35.0 Å². The smallest absolute Gasteiger partial charge is 0.336 e. The van der Waals surface area contributed by atoms with Crippen molar-refractivity contribution in [3.05, 3.63) is 87.4 Å². The molecule has 38 heavy (non-hydrogen) atoms. The Hall–Kier alpha value is -2.75. The summed E-state index contributed by atoms with van der Waals surface area (Å²) in [7, 11) is -4.07. The van der Waals surface area contributed by atoms with E-state index >= 15 is 0 Å². The van der Waals surface area contributed by atoms with Gasteiger partial charge in [0.25, 0.3) is 5.91 Å². The van der Waals surface area contributed by atoms with Gasteiger partial charge in [-0.1, -0.05) is 35.0 Å². The second-order valence-corrected chi connectivity index (χ2v) is 12.1. The normalized spacial score (nSPS) is 14.8. The highest BCUT2D eigenvalue weighted by atomic mass is 35.5. The van der Waals surface area contributed by atoms with Crippen molar-refractivity contribution < 1.29 is 26.4 Å². The first-order valence-corrected chi connectivity index (χ1v) is 14.0. The van der Waals surface area contributed by atoms with E-state index in [-0.39, 0.29) is 42.2 Å². The number of sulfonamides is 1. The third-order valence-corrected chi connectivity index (χ3v) is 9.29. The van der Waals surface area contributed by atoms with Crippen LogP contribution in [0.4, 0.5) is 13.2 Å². The fraction of sp³-hybridized carbons (Fsp3) is 0.200. The van der Waals surface area contributed by atoms with Gasteiger partial charge in [-0.15, -0.1) is 0 Å². The molecule has 0 bridgehead atoms. The molecule has 1 amide bonds. The molecule has 1 saturated heterocycles. The topological polar surface area (TPSA) is 81.5 Å². The fourth-order valence-electron chi connectivity index (χ4n) is 3.83. The molecular weight excluding hydrogens is 582 g/mol. The van der Waals surface area contributed by atoms with E-state index in [0.29, 0.717) is 19.8 Å². The van der Waals surface area contributed by atoms with E-state index in [2.05, 4.69) is 0 Å². The molecule has 0 radical (unpaired) electrons. The average molecular weight is 600 g/mol. The highest BCUT2D eigenvalue weighted by Crippen LogP contribution is 2.37. The minimum absolute atomic E-state index is 0.0292. The van der Waals surface area contributed by atoms with Gasteiger partial charge in [0.2, 0.25) is 10.0 Å². The monoisotopic (exact) mass is 599 g/mol. The van der Waals surface area contributed by atoms with Crippen LogP contribution in [0.1, 0.15) is 21.5 Å². The summed E-state index contributed by atoms with van der Waals surface area (Å²) in [6.07, 6.45) is -4.51. The maximum absolute atomic E-state index is 13.6. The predicted molar refractivity (Wildman–Crippen MR) is 138 cm³/mol. The number of hydrogen-bond acceptors (Lipinski definition) is 5. The Bertz CT molecular complexity index is 1500. The van der Waals surface area contributed by atoms with Gasteiger partial charge in [-0.2, -0.15) is 22.7 Å². The number of alkyl halides is 3. The molecule has 0 aliphatic carbocycles. The van der Waals surface area contributed by atoms with E-state index in [9.17, 15) is 31.6 Å². The Labute approximate surface area is 231 Å². The number of hydrogen-bond donors (Lipinski definition) is 0. The van der Waals surface area contributed by atoms with Crippen LogP contribution in [0.15, 0.2) is 75.4 Å². The second kappa shape index (κ2) is 11.2. The summed E-state index contributed by atoms with van der Waals surface area (Å²) < 4.78 is 66.9. The molecule has 0 saturated carbocycles. The lowest BCUT2D eigenvalue weighted by Gasteiger charge is -2.34. The maximum atomic E-state index is 13.6. The lowest BCUT2D eigenvalue weighted by atomic mass is 10.1. The van der Waals surface area contributed by atoms with E-state index in [1.807, 2.05) is 6.07 Å². The molecule has 1 aliphatic rings. The van der Waals surface area contributed by atoms with E-state index < -0.39 is 27.7 Å². The van der Waals surface area contributed by atoms with Crippen molar-refractivity contribution in [1.82, 2.24) is 9.21 Å². The lowest BCUT2D eigenvalue weighted by Crippen LogP contribution is -2.50.